The van der Waals surface area contributed by atoms with E-state index >= 15 is 0 Å². The highest BCUT2D eigenvalue weighted by atomic mass is 16.5. The molecule has 56 heavy (non-hydrogen) atoms. The Morgan fingerprint density at radius 3 is 1.14 bits per heavy atom. The topological polar surface area (TPSA) is 84.9 Å². The van der Waals surface area contributed by atoms with E-state index in [0.29, 0.717) is 38.5 Å². The van der Waals surface area contributed by atoms with Crippen molar-refractivity contribution in [1.82, 2.24) is 10.2 Å². The first-order chi connectivity index (χ1) is 27.4. The number of unbranched alkanes of at least 4 members (excludes halogenated alkanes) is 8. The van der Waals surface area contributed by atoms with Crippen LogP contribution >= 0.6 is 0 Å². The number of allylic oxidation sites excluding steroid dienone is 16. The second-order valence-corrected chi connectivity index (χ2v) is 14.5. The van der Waals surface area contributed by atoms with E-state index in [1.54, 1.807) is 0 Å². The molecule has 0 fully saturated rings. The van der Waals surface area contributed by atoms with E-state index in [9.17, 15) is 14.4 Å². The van der Waals surface area contributed by atoms with E-state index in [2.05, 4.69) is 116 Å². The summed E-state index contributed by atoms with van der Waals surface area (Å²) in [4.78, 5) is 39.5. The molecule has 7 heteroatoms. The van der Waals surface area contributed by atoms with Crippen LogP contribution in [0.25, 0.3) is 0 Å². The lowest BCUT2D eigenvalue weighted by molar-refractivity contribution is -0.149. The first kappa shape index (κ1) is 52.3. The molecule has 1 N–H and O–H groups in total. The lowest BCUT2D eigenvalue weighted by atomic mass is 10.2. The van der Waals surface area contributed by atoms with Gasteiger partial charge in [-0.1, -0.05) is 137 Å². The molecule has 0 atom stereocenters. The minimum atomic E-state index is -0.586. The summed E-state index contributed by atoms with van der Waals surface area (Å²) in [6, 6.07) is -0.586. The van der Waals surface area contributed by atoms with E-state index in [1.807, 2.05) is 19.0 Å². The molecular weight excluding hydrogens is 697 g/mol. The molecule has 0 spiro atoms. The average molecular weight is 777 g/mol. The minimum absolute atomic E-state index is 0.0297. The van der Waals surface area contributed by atoms with Crippen molar-refractivity contribution in [2.75, 3.05) is 33.9 Å². The van der Waals surface area contributed by atoms with Gasteiger partial charge in [-0.3, -0.25) is 14.4 Å². The number of hydrogen-bond donors (Lipinski definition) is 1. The van der Waals surface area contributed by atoms with Gasteiger partial charge in [0.2, 0.25) is 5.91 Å². The Kier molecular flexibility index (Phi) is 39.6. The van der Waals surface area contributed by atoms with Crippen molar-refractivity contribution in [2.24, 2.45) is 0 Å². The predicted molar refractivity (Wildman–Crippen MR) is 238 cm³/mol. The van der Waals surface area contributed by atoms with Gasteiger partial charge in [0.25, 0.3) is 0 Å². The van der Waals surface area contributed by atoms with Crippen LogP contribution in [0.2, 0.25) is 0 Å². The molecule has 0 bridgehead atoms. The van der Waals surface area contributed by atoms with Gasteiger partial charge in [-0.25, -0.2) is 0 Å². The van der Waals surface area contributed by atoms with Crippen molar-refractivity contribution in [3.05, 3.63) is 97.2 Å². The average Bonchev–Trinajstić information content (AvgIpc) is 3.18. The molecule has 0 unspecified atom stereocenters. The number of amides is 1. The zero-order valence-electron chi connectivity index (χ0n) is 36.0. The summed E-state index contributed by atoms with van der Waals surface area (Å²) in [6.45, 7) is 5.19. The summed E-state index contributed by atoms with van der Waals surface area (Å²) < 4.78 is 11.0. The van der Waals surface area contributed by atoms with Gasteiger partial charge in [0, 0.05) is 19.3 Å². The van der Waals surface area contributed by atoms with Gasteiger partial charge in [-0.2, -0.15) is 0 Å². The number of carbonyl (C=O) groups is 3. The molecule has 0 saturated heterocycles. The largest absolute Gasteiger partial charge is 0.463 e. The molecule has 1 amide bonds. The van der Waals surface area contributed by atoms with Crippen molar-refractivity contribution < 1.29 is 23.9 Å². The van der Waals surface area contributed by atoms with Gasteiger partial charge in [0.1, 0.15) is 13.2 Å². The molecule has 316 valence electrons. The number of rotatable bonds is 37. The monoisotopic (exact) mass is 777 g/mol. The summed E-state index contributed by atoms with van der Waals surface area (Å²) in [5.41, 5.74) is 0. The van der Waals surface area contributed by atoms with Crippen LogP contribution in [0.3, 0.4) is 0 Å². The Morgan fingerprint density at radius 1 is 0.464 bits per heavy atom. The van der Waals surface area contributed by atoms with Crippen molar-refractivity contribution in [3.8, 4) is 0 Å². The number of ether oxygens (including phenoxy) is 2. The highest BCUT2D eigenvalue weighted by molar-refractivity contribution is 5.76. The van der Waals surface area contributed by atoms with Gasteiger partial charge >= 0.3 is 11.9 Å². The molecule has 0 saturated carbocycles. The molecule has 0 rings (SSSR count). The minimum Gasteiger partial charge on any atom is -0.463 e. The smallest absolute Gasteiger partial charge is 0.305 e. The third kappa shape index (κ3) is 41.5. The standard InChI is InChI=1S/C49H80N2O5/c1-5-7-9-11-13-15-17-19-21-23-25-27-29-31-33-35-37-41-48(53)55-44-46(50-47(52)40-39-43-51(3)4)45-56-49(54)42-38-36-34-32-30-28-26-24-22-20-18-16-14-12-10-8-6-2/h13-16,19-22,25-28,31-34,46H,5-12,17-18,23-24,29-30,35-45H2,1-4H3,(H,50,52)/b15-13-,16-14-,21-19-,22-20-,27-25-,28-26-,33-31-,34-32-. The third-order valence-electron chi connectivity index (χ3n) is 8.68. The van der Waals surface area contributed by atoms with Crippen LogP contribution in [0.5, 0.6) is 0 Å². The van der Waals surface area contributed by atoms with Gasteiger partial charge in [0.15, 0.2) is 0 Å². The maximum atomic E-state index is 12.6. The number of nitrogens with zero attached hydrogens (tertiary/aromatic N) is 1. The fourth-order valence-corrected chi connectivity index (χ4v) is 5.37. The molecule has 7 nitrogen and oxygen atoms in total. The quantitative estimate of drug-likeness (QED) is 0.0384. The maximum Gasteiger partial charge on any atom is 0.305 e. The fraction of sp³-hybridized carbons (Fsp3) is 0.612. The normalized spacial score (nSPS) is 12.6. The molecule has 0 radical (unpaired) electrons. The molecule has 0 aliphatic heterocycles. The van der Waals surface area contributed by atoms with Gasteiger partial charge < -0.3 is 19.7 Å². The van der Waals surface area contributed by atoms with Gasteiger partial charge in [-0.05, 0) is 117 Å². The van der Waals surface area contributed by atoms with E-state index in [1.165, 1.54) is 51.4 Å². The summed E-state index contributed by atoms with van der Waals surface area (Å²) >= 11 is 0. The van der Waals surface area contributed by atoms with E-state index in [4.69, 9.17) is 9.47 Å². The van der Waals surface area contributed by atoms with Crippen LogP contribution in [-0.2, 0) is 23.9 Å². The zero-order valence-corrected chi connectivity index (χ0v) is 36.0. The maximum absolute atomic E-state index is 12.6. The number of hydrogen-bond acceptors (Lipinski definition) is 6. The lowest BCUT2D eigenvalue weighted by Crippen LogP contribution is -2.42. The van der Waals surface area contributed by atoms with Gasteiger partial charge in [0.05, 0.1) is 6.04 Å². The second kappa shape index (κ2) is 42.4. The van der Waals surface area contributed by atoms with Gasteiger partial charge in [-0.15, -0.1) is 0 Å². The molecule has 0 heterocycles. The van der Waals surface area contributed by atoms with Crippen LogP contribution < -0.4 is 5.32 Å². The SMILES string of the molecule is CCCCC/C=C\C/C=C\C/C=C\C/C=C\CCCC(=O)OCC(COC(=O)CCC/C=C\C/C=C\C/C=C\C/C=C\CCCCC)NC(=O)CCCN(C)C. The van der Waals surface area contributed by atoms with E-state index in [0.717, 1.165) is 57.9 Å². The lowest BCUT2D eigenvalue weighted by Gasteiger charge is -2.19. The summed E-state index contributed by atoms with van der Waals surface area (Å²) in [6.07, 6.45) is 55.2. The fourth-order valence-electron chi connectivity index (χ4n) is 5.37. The predicted octanol–water partition coefficient (Wildman–Crippen LogP) is 12.2. The highest BCUT2D eigenvalue weighted by Gasteiger charge is 2.17. The molecule has 0 aliphatic rings. The first-order valence-electron chi connectivity index (χ1n) is 21.8. The van der Waals surface area contributed by atoms with Crippen molar-refractivity contribution in [3.63, 3.8) is 0 Å². The van der Waals surface area contributed by atoms with Crippen molar-refractivity contribution in [2.45, 2.75) is 161 Å². The van der Waals surface area contributed by atoms with Crippen LogP contribution in [0.15, 0.2) is 97.2 Å². The molecule has 0 aromatic carbocycles. The van der Waals surface area contributed by atoms with Crippen LogP contribution in [0.1, 0.15) is 155 Å². The first-order valence-corrected chi connectivity index (χ1v) is 21.8. The Balaban J connectivity index is 4.35. The highest BCUT2D eigenvalue weighted by Crippen LogP contribution is 2.06. The Hall–Kier alpha value is -3.71. The Bertz CT molecular complexity index is 1110. The number of nitrogens with one attached hydrogen (secondary N) is 1. The molecule has 0 aromatic heterocycles. The third-order valence-corrected chi connectivity index (χ3v) is 8.68. The summed E-state index contributed by atoms with van der Waals surface area (Å²) in [5.74, 6) is -0.791. The number of carbonyl (C=O) groups excluding carboxylic acids is 3. The molecule has 0 aromatic rings. The Labute approximate surface area is 343 Å². The van der Waals surface area contributed by atoms with Crippen molar-refractivity contribution in [1.29, 1.82) is 0 Å². The van der Waals surface area contributed by atoms with Crippen LogP contribution in [0, 0.1) is 0 Å². The van der Waals surface area contributed by atoms with E-state index < -0.39 is 6.04 Å². The second-order valence-electron chi connectivity index (χ2n) is 14.5. The Morgan fingerprint density at radius 2 is 0.804 bits per heavy atom. The molecular formula is C49H80N2O5. The number of esters is 2. The van der Waals surface area contributed by atoms with Crippen LogP contribution in [0.4, 0.5) is 0 Å². The zero-order chi connectivity index (χ0) is 41.0. The van der Waals surface area contributed by atoms with Crippen LogP contribution in [-0.4, -0.2) is 62.6 Å². The summed E-state index contributed by atoms with van der Waals surface area (Å²) in [5, 5.41) is 2.89. The van der Waals surface area contributed by atoms with Crippen molar-refractivity contribution >= 4 is 17.8 Å². The molecule has 0 aliphatic carbocycles. The van der Waals surface area contributed by atoms with E-state index in [-0.39, 0.29) is 31.1 Å². The summed E-state index contributed by atoms with van der Waals surface area (Å²) in [7, 11) is 3.93.